The molecule has 2 aromatic rings. The van der Waals surface area contributed by atoms with Crippen molar-refractivity contribution in [3.8, 4) is 5.75 Å². The third kappa shape index (κ3) is 5.51. The summed E-state index contributed by atoms with van der Waals surface area (Å²) >= 11 is 6.14. The highest BCUT2D eigenvalue weighted by Crippen LogP contribution is 2.31. The highest BCUT2D eigenvalue weighted by molar-refractivity contribution is 7.89. The Labute approximate surface area is 199 Å². The molecule has 1 N–H and O–H groups in total. The van der Waals surface area contributed by atoms with Crippen LogP contribution in [0.3, 0.4) is 0 Å². The lowest BCUT2D eigenvalue weighted by atomic mass is 9.97. The molecule has 1 atom stereocenters. The maximum absolute atomic E-state index is 12.9. The van der Waals surface area contributed by atoms with E-state index in [-0.39, 0.29) is 36.0 Å². The number of carbonyl (C=O) groups is 1. The number of imidazole rings is 1. The number of benzene rings is 1. The van der Waals surface area contributed by atoms with Crippen molar-refractivity contribution in [3.63, 3.8) is 0 Å². The maximum Gasteiger partial charge on any atom is 0.262 e. The lowest BCUT2D eigenvalue weighted by molar-refractivity contribution is -0.120. The average molecular weight is 497 g/mol. The molecule has 0 spiro atoms. The van der Waals surface area contributed by atoms with Crippen LogP contribution in [0.2, 0.25) is 5.02 Å². The normalized spacial score (nSPS) is 20.2. The monoisotopic (exact) mass is 496 g/mol. The van der Waals surface area contributed by atoms with Gasteiger partial charge in [-0.05, 0) is 50.8 Å². The van der Waals surface area contributed by atoms with Crippen molar-refractivity contribution in [1.29, 1.82) is 0 Å². The summed E-state index contributed by atoms with van der Waals surface area (Å²) in [7, 11) is -1.92. The Balaban J connectivity index is 1.37. The molecule has 3 heterocycles. The number of amides is 1. The molecule has 1 amide bonds. The van der Waals surface area contributed by atoms with Crippen LogP contribution in [-0.2, 0) is 26.6 Å². The number of hydrogen-bond donors (Lipinski definition) is 1. The quantitative estimate of drug-likeness (QED) is 0.632. The van der Waals surface area contributed by atoms with Crippen LogP contribution in [-0.4, -0.2) is 60.6 Å². The maximum atomic E-state index is 12.9. The van der Waals surface area contributed by atoms with E-state index in [0.29, 0.717) is 41.7 Å². The fourth-order valence-corrected chi connectivity index (χ4v) is 5.73. The largest absolute Gasteiger partial charge is 0.489 e. The minimum absolute atomic E-state index is 0.0392. The van der Waals surface area contributed by atoms with Gasteiger partial charge in [0.25, 0.3) is 10.0 Å². The number of aromatic nitrogens is 2. The van der Waals surface area contributed by atoms with E-state index >= 15 is 0 Å². The van der Waals surface area contributed by atoms with Gasteiger partial charge in [0.2, 0.25) is 5.91 Å². The summed E-state index contributed by atoms with van der Waals surface area (Å²) in [6.45, 7) is 3.42. The fourth-order valence-electron chi connectivity index (χ4n) is 4.06. The van der Waals surface area contributed by atoms with Crippen LogP contribution < -0.4 is 10.1 Å². The van der Waals surface area contributed by atoms with E-state index in [4.69, 9.17) is 21.1 Å². The Bertz CT molecular complexity index is 1090. The van der Waals surface area contributed by atoms with E-state index in [9.17, 15) is 13.2 Å². The number of rotatable bonds is 7. The van der Waals surface area contributed by atoms with Crippen LogP contribution in [0.25, 0.3) is 0 Å². The van der Waals surface area contributed by atoms with Crippen molar-refractivity contribution in [1.82, 2.24) is 13.9 Å². The Morgan fingerprint density at radius 1 is 1.30 bits per heavy atom. The SMILES string of the molecule is Cc1nc(S(=O)(=O)N2CCC(C(=O)Nc3cc(Cl)ccc3OCC3CCCO3)CC2)cn1C. The van der Waals surface area contributed by atoms with Gasteiger partial charge < -0.3 is 19.4 Å². The number of nitrogens with zero attached hydrogens (tertiary/aromatic N) is 3. The smallest absolute Gasteiger partial charge is 0.262 e. The molecule has 4 rings (SSSR count). The van der Waals surface area contributed by atoms with Gasteiger partial charge in [-0.3, -0.25) is 4.79 Å². The van der Waals surface area contributed by atoms with Gasteiger partial charge in [-0.1, -0.05) is 11.6 Å². The third-order valence-electron chi connectivity index (χ3n) is 6.16. The number of halogens is 1. The molecular formula is C22H29ClN4O5S. The first-order valence-corrected chi connectivity index (χ1v) is 12.9. The lowest BCUT2D eigenvalue weighted by Gasteiger charge is -2.30. The molecule has 33 heavy (non-hydrogen) atoms. The number of carbonyl (C=O) groups excluding carboxylic acids is 1. The summed E-state index contributed by atoms with van der Waals surface area (Å²) < 4.78 is 40.3. The van der Waals surface area contributed by atoms with Crippen molar-refractivity contribution >= 4 is 33.2 Å². The Hall–Kier alpha value is -2.14. The molecule has 0 bridgehead atoms. The van der Waals surface area contributed by atoms with Crippen LogP contribution in [0.15, 0.2) is 29.4 Å². The molecule has 2 aliphatic heterocycles. The molecule has 1 aromatic carbocycles. The Morgan fingerprint density at radius 3 is 2.70 bits per heavy atom. The van der Waals surface area contributed by atoms with E-state index in [0.717, 1.165) is 19.4 Å². The molecule has 2 saturated heterocycles. The van der Waals surface area contributed by atoms with E-state index in [1.54, 1.807) is 36.7 Å². The first kappa shape index (κ1) is 24.0. The second kappa shape index (κ2) is 10.0. The molecule has 0 aliphatic carbocycles. The molecule has 11 heteroatoms. The lowest BCUT2D eigenvalue weighted by Crippen LogP contribution is -2.41. The zero-order chi connectivity index (χ0) is 23.6. The topological polar surface area (TPSA) is 103 Å². The second-order valence-corrected chi connectivity index (χ2v) is 10.8. The highest BCUT2D eigenvalue weighted by Gasteiger charge is 2.34. The van der Waals surface area contributed by atoms with Crippen molar-refractivity contribution in [2.24, 2.45) is 13.0 Å². The molecule has 180 valence electrons. The molecule has 0 radical (unpaired) electrons. The van der Waals surface area contributed by atoms with Crippen LogP contribution in [0.4, 0.5) is 5.69 Å². The van der Waals surface area contributed by atoms with Crippen LogP contribution >= 0.6 is 11.6 Å². The molecule has 0 saturated carbocycles. The number of nitrogens with one attached hydrogen (secondary N) is 1. The molecule has 9 nitrogen and oxygen atoms in total. The van der Waals surface area contributed by atoms with E-state index in [1.807, 2.05) is 0 Å². The van der Waals surface area contributed by atoms with Crippen molar-refractivity contribution < 1.29 is 22.7 Å². The summed E-state index contributed by atoms with van der Waals surface area (Å²) in [4.78, 5) is 17.1. The van der Waals surface area contributed by atoms with Crippen molar-refractivity contribution in [2.75, 3.05) is 31.6 Å². The predicted octanol–water partition coefficient (Wildman–Crippen LogP) is 2.98. The standard InChI is InChI=1S/C22H29ClN4O5S/c1-15-24-21(13-26(15)2)33(29,30)27-9-7-16(8-10-27)22(28)25-19-12-17(23)5-6-20(19)32-14-18-4-3-11-31-18/h5-6,12-13,16,18H,3-4,7-11,14H2,1-2H3,(H,25,28). The summed E-state index contributed by atoms with van der Waals surface area (Å²) in [5.74, 6) is 0.674. The van der Waals surface area contributed by atoms with Gasteiger partial charge in [0, 0.05) is 43.9 Å². The minimum atomic E-state index is -3.68. The number of ether oxygens (including phenoxy) is 2. The summed E-state index contributed by atoms with van der Waals surface area (Å²) in [5.41, 5.74) is 0.504. The van der Waals surface area contributed by atoms with E-state index in [1.165, 1.54) is 10.5 Å². The zero-order valence-corrected chi connectivity index (χ0v) is 20.4. The van der Waals surface area contributed by atoms with Crippen LogP contribution in [0.1, 0.15) is 31.5 Å². The number of piperidine rings is 1. The van der Waals surface area contributed by atoms with Gasteiger partial charge in [0.05, 0.1) is 11.8 Å². The zero-order valence-electron chi connectivity index (χ0n) is 18.8. The fraction of sp³-hybridized carbons (Fsp3) is 0.545. The average Bonchev–Trinajstić information content (AvgIpc) is 3.43. The van der Waals surface area contributed by atoms with E-state index < -0.39 is 10.0 Å². The minimum Gasteiger partial charge on any atom is -0.489 e. The summed E-state index contributed by atoms with van der Waals surface area (Å²) in [6.07, 6.45) is 4.38. The van der Waals surface area contributed by atoms with Gasteiger partial charge in [-0.15, -0.1) is 0 Å². The first-order valence-electron chi connectivity index (χ1n) is 11.1. The van der Waals surface area contributed by atoms with Crippen LogP contribution in [0, 0.1) is 12.8 Å². The molecular weight excluding hydrogens is 468 g/mol. The number of sulfonamides is 1. The van der Waals surface area contributed by atoms with Crippen molar-refractivity contribution in [2.45, 2.75) is 43.7 Å². The summed E-state index contributed by atoms with van der Waals surface area (Å²) in [6, 6.07) is 5.11. The van der Waals surface area contributed by atoms with Gasteiger partial charge in [-0.25, -0.2) is 13.4 Å². The second-order valence-electron chi connectivity index (χ2n) is 8.49. The number of aryl methyl sites for hydroxylation is 2. The van der Waals surface area contributed by atoms with Gasteiger partial charge in [0.1, 0.15) is 18.2 Å². The summed E-state index contributed by atoms with van der Waals surface area (Å²) in [5, 5.41) is 3.45. The van der Waals surface area contributed by atoms with E-state index in [2.05, 4.69) is 10.3 Å². The number of anilines is 1. The molecule has 1 unspecified atom stereocenters. The molecule has 2 aliphatic rings. The first-order chi connectivity index (χ1) is 15.7. The highest BCUT2D eigenvalue weighted by atomic mass is 35.5. The van der Waals surface area contributed by atoms with Gasteiger partial charge in [-0.2, -0.15) is 4.31 Å². The molecule has 2 fully saturated rings. The Kier molecular flexibility index (Phi) is 7.28. The Morgan fingerprint density at radius 2 is 2.06 bits per heavy atom. The van der Waals surface area contributed by atoms with Gasteiger partial charge >= 0.3 is 0 Å². The predicted molar refractivity (Wildman–Crippen MR) is 124 cm³/mol. The van der Waals surface area contributed by atoms with Gasteiger partial charge in [0.15, 0.2) is 5.03 Å². The van der Waals surface area contributed by atoms with Crippen LogP contribution in [0.5, 0.6) is 5.75 Å². The molecule has 1 aromatic heterocycles. The van der Waals surface area contributed by atoms with Crippen molar-refractivity contribution in [3.05, 3.63) is 35.2 Å². The third-order valence-corrected chi connectivity index (χ3v) is 8.17. The number of hydrogen-bond acceptors (Lipinski definition) is 6.